The van der Waals surface area contributed by atoms with Gasteiger partial charge in [-0.3, -0.25) is 0 Å². The predicted molar refractivity (Wildman–Crippen MR) is 68.0 cm³/mol. The third-order valence-electron chi connectivity index (χ3n) is 2.82. The molecule has 1 aromatic rings. The van der Waals surface area contributed by atoms with Crippen LogP contribution >= 0.6 is 15.9 Å². The van der Waals surface area contributed by atoms with Gasteiger partial charge < -0.3 is 5.32 Å². The number of nitrogens with one attached hydrogen (secondary N) is 1. The molecule has 1 unspecified atom stereocenters. The Morgan fingerprint density at radius 1 is 1.47 bits per heavy atom. The number of rotatable bonds is 3. The first-order valence-electron chi connectivity index (χ1n) is 5.34. The van der Waals surface area contributed by atoms with E-state index in [1.54, 1.807) is 6.07 Å². The highest BCUT2D eigenvalue weighted by Crippen LogP contribution is 2.19. The van der Waals surface area contributed by atoms with E-state index in [1.807, 2.05) is 0 Å². The topological polar surface area (TPSA) is 46.2 Å². The largest absolute Gasteiger partial charge is 0.309 e. The van der Waals surface area contributed by atoms with Crippen molar-refractivity contribution in [3.8, 4) is 0 Å². The number of benzene rings is 1. The second-order valence-corrected chi connectivity index (χ2v) is 7.30. The fourth-order valence-electron chi connectivity index (χ4n) is 1.89. The lowest BCUT2D eigenvalue weighted by Crippen LogP contribution is -2.29. The molecular weight excluding hydrogens is 309 g/mol. The molecule has 0 bridgehead atoms. The van der Waals surface area contributed by atoms with Crippen LogP contribution in [0.3, 0.4) is 0 Å². The molecule has 1 N–H and O–H groups in total. The minimum Gasteiger partial charge on any atom is -0.309 e. The van der Waals surface area contributed by atoms with Crippen molar-refractivity contribution in [1.29, 1.82) is 0 Å². The van der Waals surface area contributed by atoms with Crippen LogP contribution in [0, 0.1) is 5.82 Å². The zero-order chi connectivity index (χ0) is 12.5. The Balaban J connectivity index is 1.97. The van der Waals surface area contributed by atoms with Crippen molar-refractivity contribution < 1.29 is 12.8 Å². The van der Waals surface area contributed by atoms with Gasteiger partial charge in [0.2, 0.25) is 0 Å². The fraction of sp³-hybridized carbons (Fsp3) is 0.455. The lowest BCUT2D eigenvalue weighted by molar-refractivity contribution is 0.550. The van der Waals surface area contributed by atoms with Gasteiger partial charge in [0.05, 0.1) is 11.5 Å². The number of sulfone groups is 1. The average Bonchev–Trinajstić information content (AvgIpc) is 2.60. The van der Waals surface area contributed by atoms with Crippen LogP contribution < -0.4 is 5.32 Å². The Hall–Kier alpha value is -0.460. The summed E-state index contributed by atoms with van der Waals surface area (Å²) in [4.78, 5) is 0. The average molecular weight is 322 g/mol. The number of hydrogen-bond acceptors (Lipinski definition) is 3. The smallest absolute Gasteiger partial charge is 0.151 e. The molecule has 0 aliphatic carbocycles. The van der Waals surface area contributed by atoms with Crippen LogP contribution in [0.4, 0.5) is 4.39 Å². The molecule has 1 aromatic carbocycles. The Morgan fingerprint density at radius 3 is 2.88 bits per heavy atom. The van der Waals surface area contributed by atoms with Crippen LogP contribution in [-0.2, 0) is 16.4 Å². The van der Waals surface area contributed by atoms with E-state index in [9.17, 15) is 12.8 Å². The SMILES string of the molecule is O=S1(=O)CCC(NCc2cc(F)ccc2Br)C1. The van der Waals surface area contributed by atoms with Crippen LogP contribution in [0.15, 0.2) is 22.7 Å². The summed E-state index contributed by atoms with van der Waals surface area (Å²) in [6, 6.07) is 4.46. The van der Waals surface area contributed by atoms with E-state index in [2.05, 4.69) is 21.2 Å². The highest BCUT2D eigenvalue weighted by Gasteiger charge is 2.27. The minimum atomic E-state index is -2.87. The predicted octanol–water partition coefficient (Wildman–Crippen LogP) is 1.86. The molecule has 1 aliphatic heterocycles. The Labute approximate surface area is 108 Å². The standard InChI is InChI=1S/C11H13BrFNO2S/c12-11-2-1-9(13)5-8(11)6-14-10-3-4-17(15,16)7-10/h1-2,5,10,14H,3-4,6-7H2. The summed E-state index contributed by atoms with van der Waals surface area (Å²) >= 11 is 3.34. The first-order valence-corrected chi connectivity index (χ1v) is 7.95. The van der Waals surface area contributed by atoms with Gasteiger partial charge in [-0.1, -0.05) is 15.9 Å². The molecule has 6 heteroatoms. The van der Waals surface area contributed by atoms with Crippen molar-refractivity contribution in [2.75, 3.05) is 11.5 Å². The molecule has 94 valence electrons. The summed E-state index contributed by atoms with van der Waals surface area (Å²) in [5.74, 6) is 0.138. The van der Waals surface area contributed by atoms with Crippen LogP contribution in [-0.4, -0.2) is 26.0 Å². The summed E-state index contributed by atoms with van der Waals surface area (Å²) in [6.45, 7) is 0.471. The van der Waals surface area contributed by atoms with Gasteiger partial charge in [-0.2, -0.15) is 0 Å². The summed E-state index contributed by atoms with van der Waals surface area (Å²) in [5.41, 5.74) is 0.800. The Morgan fingerprint density at radius 2 is 2.24 bits per heavy atom. The van der Waals surface area contributed by atoms with Gasteiger partial charge in [-0.05, 0) is 30.2 Å². The molecule has 0 aromatic heterocycles. The van der Waals surface area contributed by atoms with E-state index in [0.29, 0.717) is 13.0 Å². The Kier molecular flexibility index (Phi) is 3.85. The molecule has 1 aliphatic rings. The van der Waals surface area contributed by atoms with Gasteiger partial charge in [-0.25, -0.2) is 12.8 Å². The molecular formula is C11H13BrFNO2S. The first-order chi connectivity index (χ1) is 7.96. The van der Waals surface area contributed by atoms with E-state index >= 15 is 0 Å². The maximum absolute atomic E-state index is 13.0. The van der Waals surface area contributed by atoms with E-state index in [1.165, 1.54) is 12.1 Å². The van der Waals surface area contributed by atoms with Gasteiger partial charge >= 0.3 is 0 Å². The molecule has 1 saturated heterocycles. The maximum atomic E-state index is 13.0. The van der Waals surface area contributed by atoms with Gasteiger partial charge in [0.1, 0.15) is 5.82 Å². The molecule has 0 amide bonds. The quantitative estimate of drug-likeness (QED) is 0.924. The molecule has 0 radical (unpaired) electrons. The number of hydrogen-bond donors (Lipinski definition) is 1. The van der Waals surface area contributed by atoms with E-state index < -0.39 is 9.84 Å². The maximum Gasteiger partial charge on any atom is 0.151 e. The van der Waals surface area contributed by atoms with Crippen LogP contribution in [0.25, 0.3) is 0 Å². The van der Waals surface area contributed by atoms with Crippen LogP contribution in [0.1, 0.15) is 12.0 Å². The third-order valence-corrected chi connectivity index (χ3v) is 5.36. The molecule has 1 atom stereocenters. The Bertz CT molecular complexity index is 518. The first kappa shape index (κ1) is 13.0. The lowest BCUT2D eigenvalue weighted by atomic mass is 10.2. The van der Waals surface area contributed by atoms with Crippen molar-refractivity contribution in [2.24, 2.45) is 0 Å². The summed E-state index contributed by atoms with van der Waals surface area (Å²) < 4.78 is 36.4. The van der Waals surface area contributed by atoms with Gasteiger partial charge in [0.15, 0.2) is 9.84 Å². The highest BCUT2D eigenvalue weighted by molar-refractivity contribution is 9.10. The van der Waals surface area contributed by atoms with Crippen LogP contribution in [0.5, 0.6) is 0 Å². The number of halogens is 2. The lowest BCUT2D eigenvalue weighted by Gasteiger charge is -2.11. The zero-order valence-corrected chi connectivity index (χ0v) is 11.5. The van der Waals surface area contributed by atoms with Crippen molar-refractivity contribution in [3.63, 3.8) is 0 Å². The molecule has 0 saturated carbocycles. The second-order valence-electron chi connectivity index (χ2n) is 4.22. The third kappa shape index (κ3) is 3.50. The summed E-state index contributed by atoms with van der Waals surface area (Å²) in [5, 5.41) is 3.15. The van der Waals surface area contributed by atoms with E-state index in [4.69, 9.17) is 0 Å². The zero-order valence-electron chi connectivity index (χ0n) is 9.12. The van der Waals surface area contributed by atoms with Crippen molar-refractivity contribution in [3.05, 3.63) is 34.1 Å². The fourth-order valence-corrected chi connectivity index (χ4v) is 3.98. The summed E-state index contributed by atoms with van der Waals surface area (Å²) in [6.07, 6.45) is 0.634. The second kappa shape index (κ2) is 5.04. The van der Waals surface area contributed by atoms with E-state index in [-0.39, 0.29) is 23.4 Å². The molecule has 2 rings (SSSR count). The van der Waals surface area contributed by atoms with Gasteiger partial charge in [-0.15, -0.1) is 0 Å². The monoisotopic (exact) mass is 321 g/mol. The highest BCUT2D eigenvalue weighted by atomic mass is 79.9. The molecule has 3 nitrogen and oxygen atoms in total. The molecule has 0 spiro atoms. The van der Waals surface area contributed by atoms with Crippen LogP contribution in [0.2, 0.25) is 0 Å². The van der Waals surface area contributed by atoms with Crippen molar-refractivity contribution in [1.82, 2.24) is 5.32 Å². The molecule has 17 heavy (non-hydrogen) atoms. The van der Waals surface area contributed by atoms with E-state index in [0.717, 1.165) is 10.0 Å². The van der Waals surface area contributed by atoms with Crippen molar-refractivity contribution in [2.45, 2.75) is 19.0 Å². The molecule has 1 heterocycles. The molecule has 1 fully saturated rings. The normalized spacial score (nSPS) is 22.8. The van der Waals surface area contributed by atoms with Gasteiger partial charge in [0.25, 0.3) is 0 Å². The minimum absolute atomic E-state index is 0.0184. The summed E-state index contributed by atoms with van der Waals surface area (Å²) in [7, 11) is -2.87. The van der Waals surface area contributed by atoms with Gasteiger partial charge in [0, 0.05) is 17.1 Å². The van der Waals surface area contributed by atoms with Crippen molar-refractivity contribution >= 4 is 25.8 Å².